The monoisotopic (exact) mass is 262 g/mol. The lowest BCUT2D eigenvalue weighted by atomic mass is 10.2. The van der Waals surface area contributed by atoms with Gasteiger partial charge in [-0.1, -0.05) is 17.7 Å². The maximum atomic E-state index is 11.8. The van der Waals surface area contributed by atoms with Crippen molar-refractivity contribution in [3.05, 3.63) is 29.8 Å². The molecule has 1 heterocycles. The Balaban J connectivity index is 1.88. The van der Waals surface area contributed by atoms with Gasteiger partial charge in [-0.05, 0) is 19.1 Å². The van der Waals surface area contributed by atoms with Crippen molar-refractivity contribution >= 4 is 17.7 Å². The van der Waals surface area contributed by atoms with Crippen molar-refractivity contribution in [1.82, 2.24) is 10.2 Å². The molecule has 2 rings (SSSR count). The van der Waals surface area contributed by atoms with Crippen LogP contribution < -0.4 is 10.1 Å². The van der Waals surface area contributed by atoms with E-state index >= 15 is 0 Å². The fourth-order valence-electron chi connectivity index (χ4n) is 1.68. The fraction of sp³-hybridized carbons (Fsp3) is 0.308. The third-order valence-electron chi connectivity index (χ3n) is 2.68. The van der Waals surface area contributed by atoms with Gasteiger partial charge in [0.05, 0.1) is 0 Å². The number of rotatable bonds is 3. The summed E-state index contributed by atoms with van der Waals surface area (Å²) in [6, 6.07) is 7.27. The summed E-state index contributed by atoms with van der Waals surface area (Å²) < 4.78 is 5.31. The molecular weight excluding hydrogens is 248 g/mol. The van der Waals surface area contributed by atoms with Crippen molar-refractivity contribution in [2.24, 2.45) is 0 Å². The van der Waals surface area contributed by atoms with E-state index in [1.807, 2.05) is 19.1 Å². The van der Waals surface area contributed by atoms with E-state index in [4.69, 9.17) is 4.74 Å². The highest BCUT2D eigenvalue weighted by Gasteiger charge is 2.26. The molecule has 1 aromatic rings. The average molecular weight is 262 g/mol. The molecule has 6 heteroatoms. The number of nitrogens with zero attached hydrogens (tertiary/aromatic N) is 1. The van der Waals surface area contributed by atoms with Gasteiger partial charge in [-0.2, -0.15) is 0 Å². The summed E-state index contributed by atoms with van der Waals surface area (Å²) in [6.45, 7) is 1.54. The summed E-state index contributed by atoms with van der Waals surface area (Å²) in [5, 5.41) is 2.13. The standard InChI is InChI=1S/C13H14N2O4/c1-9-2-4-10(5-3-9)19-8-13(18)15-6-11(16)14-12(17)7-15/h2-5H,6-8H2,1H3,(H,14,16,17). The van der Waals surface area contributed by atoms with Crippen LogP contribution in [0.2, 0.25) is 0 Å². The van der Waals surface area contributed by atoms with Gasteiger partial charge in [-0.3, -0.25) is 19.7 Å². The number of imide groups is 1. The molecule has 0 radical (unpaired) electrons. The lowest BCUT2D eigenvalue weighted by molar-refractivity contribution is -0.146. The van der Waals surface area contributed by atoms with E-state index in [9.17, 15) is 14.4 Å². The van der Waals surface area contributed by atoms with Gasteiger partial charge in [-0.25, -0.2) is 0 Å². The first-order valence-corrected chi connectivity index (χ1v) is 5.84. The molecule has 1 aliphatic heterocycles. The number of hydrogen-bond donors (Lipinski definition) is 1. The van der Waals surface area contributed by atoms with E-state index in [0.29, 0.717) is 5.75 Å². The third kappa shape index (κ3) is 3.54. The van der Waals surface area contributed by atoms with Crippen LogP contribution >= 0.6 is 0 Å². The molecule has 1 aromatic carbocycles. The first-order chi connectivity index (χ1) is 9.04. The van der Waals surface area contributed by atoms with Crippen molar-refractivity contribution in [2.45, 2.75) is 6.92 Å². The maximum absolute atomic E-state index is 11.8. The number of amides is 3. The molecule has 0 bridgehead atoms. The molecule has 100 valence electrons. The molecule has 1 fully saturated rings. The van der Waals surface area contributed by atoms with Crippen LogP contribution in [0.25, 0.3) is 0 Å². The Morgan fingerprint density at radius 2 is 1.79 bits per heavy atom. The lowest BCUT2D eigenvalue weighted by Crippen LogP contribution is -2.54. The molecule has 6 nitrogen and oxygen atoms in total. The lowest BCUT2D eigenvalue weighted by Gasteiger charge is -2.25. The van der Waals surface area contributed by atoms with Crippen LogP contribution in [0.15, 0.2) is 24.3 Å². The smallest absolute Gasteiger partial charge is 0.261 e. The van der Waals surface area contributed by atoms with Gasteiger partial charge < -0.3 is 9.64 Å². The van der Waals surface area contributed by atoms with Crippen molar-refractivity contribution in [3.63, 3.8) is 0 Å². The normalized spacial score (nSPS) is 15.1. The largest absolute Gasteiger partial charge is 0.484 e. The molecule has 0 atom stereocenters. The second-order valence-electron chi connectivity index (χ2n) is 4.32. The molecule has 1 N–H and O–H groups in total. The number of nitrogens with one attached hydrogen (secondary N) is 1. The Bertz CT molecular complexity index is 494. The summed E-state index contributed by atoms with van der Waals surface area (Å²) in [4.78, 5) is 35.2. The van der Waals surface area contributed by atoms with E-state index in [1.54, 1.807) is 12.1 Å². The van der Waals surface area contributed by atoms with Crippen LogP contribution in [0.3, 0.4) is 0 Å². The van der Waals surface area contributed by atoms with Crippen molar-refractivity contribution in [2.75, 3.05) is 19.7 Å². The summed E-state index contributed by atoms with van der Waals surface area (Å²) in [5.74, 6) is -0.754. The molecule has 0 aromatic heterocycles. The predicted octanol–water partition coefficient (Wildman–Crippen LogP) is -0.141. The molecule has 0 unspecified atom stereocenters. The van der Waals surface area contributed by atoms with Crippen LogP contribution in [0.4, 0.5) is 0 Å². The first kappa shape index (κ1) is 13.1. The number of ether oxygens (including phenoxy) is 1. The number of benzene rings is 1. The van der Waals surface area contributed by atoms with Gasteiger partial charge in [0, 0.05) is 0 Å². The Morgan fingerprint density at radius 1 is 1.21 bits per heavy atom. The summed E-state index contributed by atoms with van der Waals surface area (Å²) in [5.41, 5.74) is 1.09. The summed E-state index contributed by atoms with van der Waals surface area (Å²) in [7, 11) is 0. The SMILES string of the molecule is Cc1ccc(OCC(=O)N2CC(=O)NC(=O)C2)cc1. The number of piperazine rings is 1. The van der Waals surface area contributed by atoms with Crippen LogP contribution in [0.5, 0.6) is 5.75 Å². The third-order valence-corrected chi connectivity index (χ3v) is 2.68. The van der Waals surface area contributed by atoms with Gasteiger partial charge in [0.2, 0.25) is 11.8 Å². The van der Waals surface area contributed by atoms with Crippen LogP contribution in [-0.4, -0.2) is 42.3 Å². The van der Waals surface area contributed by atoms with Gasteiger partial charge in [0.1, 0.15) is 18.8 Å². The number of hydrogen-bond acceptors (Lipinski definition) is 4. The van der Waals surface area contributed by atoms with E-state index < -0.39 is 11.8 Å². The Morgan fingerprint density at radius 3 is 2.37 bits per heavy atom. The van der Waals surface area contributed by atoms with Crippen LogP contribution in [0.1, 0.15) is 5.56 Å². The van der Waals surface area contributed by atoms with Crippen LogP contribution in [-0.2, 0) is 14.4 Å². The van der Waals surface area contributed by atoms with Crippen molar-refractivity contribution in [1.29, 1.82) is 0 Å². The zero-order valence-corrected chi connectivity index (χ0v) is 10.5. The van der Waals surface area contributed by atoms with Gasteiger partial charge in [-0.15, -0.1) is 0 Å². The number of carbonyl (C=O) groups excluding carboxylic acids is 3. The minimum Gasteiger partial charge on any atom is -0.484 e. The van der Waals surface area contributed by atoms with Gasteiger partial charge >= 0.3 is 0 Å². The minimum atomic E-state index is -0.472. The van der Waals surface area contributed by atoms with Gasteiger partial charge in [0.15, 0.2) is 6.61 Å². The molecular formula is C13H14N2O4. The van der Waals surface area contributed by atoms with Crippen molar-refractivity contribution in [3.8, 4) is 5.75 Å². The van der Waals surface area contributed by atoms with Crippen molar-refractivity contribution < 1.29 is 19.1 Å². The molecule has 0 spiro atoms. The fourth-order valence-corrected chi connectivity index (χ4v) is 1.68. The maximum Gasteiger partial charge on any atom is 0.261 e. The van der Waals surface area contributed by atoms with E-state index in [2.05, 4.69) is 5.32 Å². The first-order valence-electron chi connectivity index (χ1n) is 5.84. The molecule has 0 saturated carbocycles. The Kier molecular flexibility index (Phi) is 3.79. The zero-order valence-electron chi connectivity index (χ0n) is 10.5. The second-order valence-corrected chi connectivity index (χ2v) is 4.32. The zero-order chi connectivity index (χ0) is 13.8. The highest BCUT2D eigenvalue weighted by atomic mass is 16.5. The Hall–Kier alpha value is -2.37. The van der Waals surface area contributed by atoms with Gasteiger partial charge in [0.25, 0.3) is 5.91 Å². The summed E-state index contributed by atoms with van der Waals surface area (Å²) >= 11 is 0. The van der Waals surface area contributed by atoms with E-state index in [0.717, 1.165) is 5.56 Å². The second kappa shape index (κ2) is 5.51. The summed E-state index contributed by atoms with van der Waals surface area (Å²) in [6.07, 6.45) is 0. The Labute approximate surface area is 110 Å². The highest BCUT2D eigenvalue weighted by molar-refractivity contribution is 6.02. The predicted molar refractivity (Wildman–Crippen MR) is 66.4 cm³/mol. The topological polar surface area (TPSA) is 75.7 Å². The number of carbonyl (C=O) groups is 3. The number of aryl methyl sites for hydroxylation is 1. The average Bonchev–Trinajstić information content (AvgIpc) is 2.36. The van der Waals surface area contributed by atoms with E-state index in [-0.39, 0.29) is 25.6 Å². The van der Waals surface area contributed by atoms with E-state index in [1.165, 1.54) is 4.90 Å². The minimum absolute atomic E-state index is 0.109. The van der Waals surface area contributed by atoms with Crippen LogP contribution in [0, 0.1) is 6.92 Å². The molecule has 1 aliphatic rings. The molecule has 1 saturated heterocycles. The molecule has 0 aliphatic carbocycles. The quantitative estimate of drug-likeness (QED) is 0.769. The highest BCUT2D eigenvalue weighted by Crippen LogP contribution is 2.11. The molecule has 19 heavy (non-hydrogen) atoms. The molecule has 3 amide bonds.